The number of rotatable bonds is 4. The van der Waals surface area contributed by atoms with E-state index in [-0.39, 0.29) is 17.4 Å². The highest BCUT2D eigenvalue weighted by atomic mass is 16.2. The Labute approximate surface area is 116 Å². The van der Waals surface area contributed by atoms with E-state index in [0.29, 0.717) is 5.69 Å². The molecular weight excluding hydrogens is 238 g/mol. The Morgan fingerprint density at radius 3 is 2.58 bits per heavy atom. The van der Waals surface area contributed by atoms with E-state index < -0.39 is 0 Å². The minimum Gasteiger partial charge on any atom is -0.370 e. The maximum absolute atomic E-state index is 12.4. The third-order valence-electron chi connectivity index (χ3n) is 3.48. The molecular formula is C15H25N3O. The van der Waals surface area contributed by atoms with Gasteiger partial charge in [-0.1, -0.05) is 26.8 Å². The van der Waals surface area contributed by atoms with E-state index in [1.807, 2.05) is 26.1 Å². The minimum absolute atomic E-state index is 0.0396. The predicted octanol–water partition coefficient (Wildman–Crippen LogP) is 3.02. The first-order chi connectivity index (χ1) is 8.77. The normalized spacial score (nSPS) is 12.9. The van der Waals surface area contributed by atoms with E-state index in [2.05, 4.69) is 38.0 Å². The van der Waals surface area contributed by atoms with Gasteiger partial charge in [-0.2, -0.15) is 0 Å². The highest BCUT2D eigenvalue weighted by Crippen LogP contribution is 2.24. The van der Waals surface area contributed by atoms with Gasteiger partial charge in [-0.05, 0) is 31.4 Å². The summed E-state index contributed by atoms with van der Waals surface area (Å²) in [6.07, 6.45) is 0. The molecule has 0 aliphatic carbocycles. The monoisotopic (exact) mass is 263 g/mol. The van der Waals surface area contributed by atoms with Crippen LogP contribution in [0.2, 0.25) is 0 Å². The van der Waals surface area contributed by atoms with Gasteiger partial charge in [-0.15, -0.1) is 0 Å². The molecule has 0 aliphatic heterocycles. The molecule has 0 spiro atoms. The fourth-order valence-corrected chi connectivity index (χ4v) is 1.77. The van der Waals surface area contributed by atoms with Crippen LogP contribution in [0, 0.1) is 5.41 Å². The molecule has 19 heavy (non-hydrogen) atoms. The van der Waals surface area contributed by atoms with Crippen molar-refractivity contribution >= 4 is 11.7 Å². The van der Waals surface area contributed by atoms with E-state index >= 15 is 0 Å². The number of aromatic nitrogens is 1. The number of nitrogens with one attached hydrogen (secondary N) is 1. The van der Waals surface area contributed by atoms with Gasteiger partial charge < -0.3 is 10.2 Å². The van der Waals surface area contributed by atoms with Gasteiger partial charge in [0.25, 0.3) is 5.91 Å². The van der Waals surface area contributed by atoms with Crippen molar-refractivity contribution in [3.63, 3.8) is 0 Å². The van der Waals surface area contributed by atoms with Crippen LogP contribution in [0.15, 0.2) is 18.2 Å². The molecule has 0 radical (unpaired) electrons. The first kappa shape index (κ1) is 15.5. The molecule has 1 heterocycles. The van der Waals surface area contributed by atoms with Crippen LogP contribution in [0.4, 0.5) is 5.82 Å². The molecule has 0 saturated heterocycles. The first-order valence-corrected chi connectivity index (χ1v) is 6.75. The Hall–Kier alpha value is -1.58. The summed E-state index contributed by atoms with van der Waals surface area (Å²) in [6, 6.07) is 5.63. The summed E-state index contributed by atoms with van der Waals surface area (Å²) in [7, 11) is 1.83. The molecule has 0 aromatic carbocycles. The number of hydrogen-bond acceptors (Lipinski definition) is 3. The maximum atomic E-state index is 12.4. The number of nitrogens with zero attached hydrogens (tertiary/aromatic N) is 2. The Morgan fingerprint density at radius 2 is 2.05 bits per heavy atom. The van der Waals surface area contributed by atoms with E-state index in [1.54, 1.807) is 11.0 Å². The summed E-state index contributed by atoms with van der Waals surface area (Å²) in [5.74, 6) is 0.701. The van der Waals surface area contributed by atoms with Crippen LogP contribution in [0.3, 0.4) is 0 Å². The van der Waals surface area contributed by atoms with Crippen molar-refractivity contribution in [1.29, 1.82) is 0 Å². The van der Waals surface area contributed by atoms with Crippen molar-refractivity contribution in [2.75, 3.05) is 18.9 Å². The summed E-state index contributed by atoms with van der Waals surface area (Å²) in [5, 5.41) is 3.12. The number of carbonyl (C=O) groups is 1. The fraction of sp³-hybridized carbons (Fsp3) is 0.600. The lowest BCUT2D eigenvalue weighted by Gasteiger charge is -2.35. The molecule has 4 heteroatoms. The smallest absolute Gasteiger partial charge is 0.272 e. The molecule has 1 rings (SSSR count). The standard InChI is InChI=1S/C15H25N3O/c1-7-16-13-10-8-9-12(17-13)14(19)18(6)11(2)15(3,4)5/h8-11H,7H2,1-6H3,(H,16,17). The van der Waals surface area contributed by atoms with Crippen LogP contribution in [0.25, 0.3) is 0 Å². The van der Waals surface area contributed by atoms with Crippen molar-refractivity contribution < 1.29 is 4.79 Å². The number of carbonyl (C=O) groups excluding carboxylic acids is 1. The van der Waals surface area contributed by atoms with E-state index in [9.17, 15) is 4.79 Å². The van der Waals surface area contributed by atoms with Gasteiger partial charge in [0, 0.05) is 19.6 Å². The Morgan fingerprint density at radius 1 is 1.42 bits per heavy atom. The van der Waals surface area contributed by atoms with Gasteiger partial charge in [-0.3, -0.25) is 4.79 Å². The third kappa shape index (κ3) is 3.94. The summed E-state index contributed by atoms with van der Waals surface area (Å²) in [5.41, 5.74) is 0.529. The number of anilines is 1. The van der Waals surface area contributed by atoms with Gasteiger partial charge in [0.15, 0.2) is 0 Å². The zero-order valence-corrected chi connectivity index (χ0v) is 12.8. The minimum atomic E-state index is -0.0396. The third-order valence-corrected chi connectivity index (χ3v) is 3.48. The van der Waals surface area contributed by atoms with E-state index in [0.717, 1.165) is 12.4 Å². The largest absolute Gasteiger partial charge is 0.370 e. The number of hydrogen-bond donors (Lipinski definition) is 1. The van der Waals surface area contributed by atoms with Crippen LogP contribution in [-0.2, 0) is 0 Å². The SMILES string of the molecule is CCNc1cccc(C(=O)N(C)C(C)C(C)(C)C)n1. The van der Waals surface area contributed by atoms with E-state index in [4.69, 9.17) is 0 Å². The lowest BCUT2D eigenvalue weighted by Crippen LogP contribution is -2.43. The second-order valence-electron chi connectivity index (χ2n) is 5.90. The molecule has 1 atom stereocenters. The Bertz CT molecular complexity index is 437. The molecule has 0 saturated carbocycles. The Balaban J connectivity index is 2.91. The molecule has 4 nitrogen and oxygen atoms in total. The lowest BCUT2D eigenvalue weighted by atomic mass is 9.87. The van der Waals surface area contributed by atoms with Crippen LogP contribution in [0.1, 0.15) is 45.1 Å². The van der Waals surface area contributed by atoms with Gasteiger partial charge in [-0.25, -0.2) is 4.98 Å². The van der Waals surface area contributed by atoms with Crippen molar-refractivity contribution in [3.8, 4) is 0 Å². The van der Waals surface area contributed by atoms with Gasteiger partial charge in [0.05, 0.1) is 0 Å². The molecule has 1 aromatic heterocycles. The zero-order chi connectivity index (χ0) is 14.6. The Kier molecular flexibility index (Phi) is 4.92. The van der Waals surface area contributed by atoms with Crippen molar-refractivity contribution in [2.45, 2.75) is 40.7 Å². The number of amides is 1. The molecule has 1 N–H and O–H groups in total. The van der Waals surface area contributed by atoms with Crippen molar-refractivity contribution in [3.05, 3.63) is 23.9 Å². The van der Waals surface area contributed by atoms with Crippen molar-refractivity contribution in [1.82, 2.24) is 9.88 Å². The maximum Gasteiger partial charge on any atom is 0.272 e. The lowest BCUT2D eigenvalue weighted by molar-refractivity contribution is 0.0623. The number of pyridine rings is 1. The highest BCUT2D eigenvalue weighted by Gasteiger charge is 2.28. The zero-order valence-electron chi connectivity index (χ0n) is 12.8. The van der Waals surface area contributed by atoms with Gasteiger partial charge in [0.1, 0.15) is 11.5 Å². The molecule has 1 aromatic rings. The van der Waals surface area contributed by atoms with Crippen LogP contribution in [-0.4, -0.2) is 35.4 Å². The molecule has 0 aliphatic rings. The summed E-state index contributed by atoms with van der Waals surface area (Å²) < 4.78 is 0. The van der Waals surface area contributed by atoms with Crippen LogP contribution < -0.4 is 5.32 Å². The second kappa shape index (κ2) is 6.04. The van der Waals surface area contributed by atoms with Crippen LogP contribution >= 0.6 is 0 Å². The predicted molar refractivity (Wildman–Crippen MR) is 79.4 cm³/mol. The molecule has 0 fully saturated rings. The van der Waals surface area contributed by atoms with Crippen LogP contribution in [0.5, 0.6) is 0 Å². The molecule has 106 valence electrons. The molecule has 1 amide bonds. The average Bonchev–Trinajstić information content (AvgIpc) is 2.36. The average molecular weight is 263 g/mol. The van der Waals surface area contributed by atoms with Gasteiger partial charge >= 0.3 is 0 Å². The topological polar surface area (TPSA) is 45.2 Å². The van der Waals surface area contributed by atoms with Gasteiger partial charge in [0.2, 0.25) is 0 Å². The summed E-state index contributed by atoms with van der Waals surface area (Å²) in [4.78, 5) is 18.5. The summed E-state index contributed by atoms with van der Waals surface area (Å²) in [6.45, 7) is 11.2. The van der Waals surface area contributed by atoms with E-state index in [1.165, 1.54) is 0 Å². The second-order valence-corrected chi connectivity index (χ2v) is 5.90. The first-order valence-electron chi connectivity index (χ1n) is 6.75. The quantitative estimate of drug-likeness (QED) is 0.908. The van der Waals surface area contributed by atoms with Crippen molar-refractivity contribution in [2.24, 2.45) is 5.41 Å². The molecule has 1 unspecified atom stereocenters. The highest BCUT2D eigenvalue weighted by molar-refractivity contribution is 5.92. The molecule has 0 bridgehead atoms. The summed E-state index contributed by atoms with van der Waals surface area (Å²) >= 11 is 0. The fourth-order valence-electron chi connectivity index (χ4n) is 1.77.